The van der Waals surface area contributed by atoms with E-state index in [-0.39, 0.29) is 0 Å². The van der Waals surface area contributed by atoms with Gasteiger partial charge in [-0.1, -0.05) is 0 Å². The second kappa shape index (κ2) is 7.71. The van der Waals surface area contributed by atoms with Gasteiger partial charge in [-0.2, -0.15) is 17.6 Å². The molecule has 0 saturated heterocycles. The lowest BCUT2D eigenvalue weighted by molar-refractivity contribution is -0.240. The van der Waals surface area contributed by atoms with Crippen molar-refractivity contribution in [2.75, 3.05) is 33.6 Å². The first-order valence-electron chi connectivity index (χ1n) is 4.37. The van der Waals surface area contributed by atoms with Crippen LogP contribution >= 0.6 is 12.6 Å². The topological polar surface area (TPSA) is 71.3 Å². The van der Waals surface area contributed by atoms with E-state index < -0.39 is 6.03 Å². The summed E-state index contributed by atoms with van der Waals surface area (Å²) in [6.45, 7) is 0.626. The lowest BCUT2D eigenvalue weighted by atomic mass is 10.5. The number of hydrazine groups is 2. The van der Waals surface area contributed by atoms with Gasteiger partial charge >= 0.3 is 6.03 Å². The van der Waals surface area contributed by atoms with Crippen LogP contribution in [0.5, 0.6) is 0 Å². The van der Waals surface area contributed by atoms with Crippen LogP contribution in [0.15, 0.2) is 0 Å². The zero-order chi connectivity index (χ0) is 11.8. The van der Waals surface area contributed by atoms with Crippen molar-refractivity contribution in [3.05, 3.63) is 0 Å². The molecule has 0 spiro atoms. The van der Waals surface area contributed by atoms with E-state index in [2.05, 4.69) is 17.5 Å². The van der Waals surface area contributed by atoms with Crippen LogP contribution in [0, 0.1) is 0 Å². The van der Waals surface area contributed by atoms with Crippen molar-refractivity contribution in [2.45, 2.75) is 6.42 Å². The van der Waals surface area contributed by atoms with Crippen LogP contribution in [0.3, 0.4) is 0 Å². The fraction of sp³-hybridized carbons (Fsp3) is 0.857. The number of nitrogens with zero attached hydrogens (tertiary/aromatic N) is 3. The van der Waals surface area contributed by atoms with Gasteiger partial charge < -0.3 is 0 Å². The summed E-state index contributed by atoms with van der Waals surface area (Å²) in [7, 11) is 4.37. The normalized spacial score (nSPS) is 10.5. The fourth-order valence-electron chi connectivity index (χ4n) is 0.916. The molecule has 0 rings (SSSR count). The van der Waals surface area contributed by atoms with Gasteiger partial charge in [-0.15, -0.1) is 10.3 Å². The molecule has 15 heavy (non-hydrogen) atoms. The lowest BCUT2D eigenvalue weighted by Crippen LogP contribution is -2.52. The van der Waals surface area contributed by atoms with Crippen molar-refractivity contribution >= 4 is 18.7 Å². The fourth-order valence-corrected chi connectivity index (χ4v) is 1.06. The predicted octanol–water partition coefficient (Wildman–Crippen LogP) is -0.126. The van der Waals surface area contributed by atoms with Crippen LogP contribution in [0.25, 0.3) is 0 Å². The third-order valence-corrected chi connectivity index (χ3v) is 1.99. The number of rotatable bonds is 6. The molecule has 2 N–H and O–H groups in total. The highest BCUT2D eigenvalue weighted by atomic mass is 32.1. The summed E-state index contributed by atoms with van der Waals surface area (Å²) in [4.78, 5) is 21.0. The maximum atomic E-state index is 11.5. The number of nitrogens with two attached hydrogens (primary N) is 1. The molecule has 90 valence electrons. The van der Waals surface area contributed by atoms with E-state index in [0.29, 0.717) is 11.7 Å². The molecule has 0 fully saturated rings. The summed E-state index contributed by atoms with van der Waals surface area (Å²) in [5, 5.41) is 3.17. The summed E-state index contributed by atoms with van der Waals surface area (Å²) < 4.78 is 0. The van der Waals surface area contributed by atoms with E-state index in [1.807, 2.05) is 0 Å². The third-order valence-electron chi connectivity index (χ3n) is 1.67. The number of amides is 2. The van der Waals surface area contributed by atoms with Crippen molar-refractivity contribution in [3.8, 4) is 0 Å². The number of hydroxylamine groups is 2. The second-order valence-corrected chi connectivity index (χ2v) is 3.15. The number of carbonyl (C=O) groups excluding carboxylic acids is 1. The molecule has 0 heterocycles. The highest BCUT2D eigenvalue weighted by Gasteiger charge is 2.22. The van der Waals surface area contributed by atoms with Crippen LogP contribution < -0.4 is 5.84 Å². The maximum absolute atomic E-state index is 11.5. The van der Waals surface area contributed by atoms with Crippen LogP contribution in [0.2, 0.25) is 0 Å². The molecular weight excluding hydrogens is 220 g/mol. The number of hydrogen-bond acceptors (Lipinski definition) is 6. The first kappa shape index (κ1) is 14.5. The first-order chi connectivity index (χ1) is 7.08. The van der Waals surface area contributed by atoms with Gasteiger partial charge in [0, 0.05) is 13.6 Å². The van der Waals surface area contributed by atoms with Crippen LogP contribution in [0.1, 0.15) is 6.42 Å². The minimum absolute atomic E-state index is 0.584. The van der Waals surface area contributed by atoms with E-state index in [1.165, 1.54) is 14.2 Å². The van der Waals surface area contributed by atoms with Gasteiger partial charge in [0.2, 0.25) is 0 Å². The number of urea groups is 1. The highest BCUT2D eigenvalue weighted by Crippen LogP contribution is 2.01. The Morgan fingerprint density at radius 1 is 1.40 bits per heavy atom. The van der Waals surface area contributed by atoms with Gasteiger partial charge in [0.15, 0.2) is 0 Å². The van der Waals surface area contributed by atoms with E-state index in [9.17, 15) is 4.79 Å². The van der Waals surface area contributed by atoms with Crippen molar-refractivity contribution in [1.29, 1.82) is 0 Å². The average molecular weight is 238 g/mol. The summed E-state index contributed by atoms with van der Waals surface area (Å²) in [6.07, 6.45) is 0.824. The molecule has 0 saturated carbocycles. The number of carbonyl (C=O) groups is 1. The predicted molar refractivity (Wildman–Crippen MR) is 58.4 cm³/mol. The van der Waals surface area contributed by atoms with Gasteiger partial charge in [0.05, 0.1) is 14.2 Å². The monoisotopic (exact) mass is 238 g/mol. The number of hydrogen-bond donors (Lipinski definition) is 2. The Kier molecular flexibility index (Phi) is 7.44. The summed E-state index contributed by atoms with van der Waals surface area (Å²) in [6, 6.07) is -0.610. The van der Waals surface area contributed by atoms with Crippen molar-refractivity contribution in [3.63, 3.8) is 0 Å². The first-order valence-corrected chi connectivity index (χ1v) is 5.00. The highest BCUT2D eigenvalue weighted by molar-refractivity contribution is 7.80. The molecule has 7 nitrogen and oxygen atoms in total. The molecule has 2 amide bonds. The SMILES string of the molecule is CON(N)C(=O)N(OC)N(C)CCCS. The molecule has 0 bridgehead atoms. The molecule has 0 aromatic carbocycles. The Morgan fingerprint density at radius 3 is 2.40 bits per heavy atom. The molecule has 0 atom stereocenters. The maximum Gasteiger partial charge on any atom is 0.398 e. The Morgan fingerprint density at radius 2 is 2.00 bits per heavy atom. The van der Waals surface area contributed by atoms with Crippen LogP contribution in [-0.4, -0.2) is 54.9 Å². The second-order valence-electron chi connectivity index (χ2n) is 2.70. The molecule has 0 aliphatic rings. The summed E-state index contributed by atoms with van der Waals surface area (Å²) in [5.74, 6) is 5.99. The average Bonchev–Trinajstić information content (AvgIpc) is 2.25. The third kappa shape index (κ3) is 4.67. The molecule has 0 aliphatic carbocycles. The van der Waals surface area contributed by atoms with Gasteiger partial charge in [0.25, 0.3) is 0 Å². The van der Waals surface area contributed by atoms with Gasteiger partial charge in [-0.25, -0.2) is 10.6 Å². The van der Waals surface area contributed by atoms with E-state index in [0.717, 1.165) is 17.3 Å². The van der Waals surface area contributed by atoms with Gasteiger partial charge in [0.1, 0.15) is 0 Å². The zero-order valence-corrected chi connectivity index (χ0v) is 10.1. The van der Waals surface area contributed by atoms with Crippen molar-refractivity contribution in [2.24, 2.45) is 5.84 Å². The molecule has 0 aliphatic heterocycles. The van der Waals surface area contributed by atoms with Crippen LogP contribution in [-0.2, 0) is 9.68 Å². The zero-order valence-electron chi connectivity index (χ0n) is 9.21. The minimum atomic E-state index is -0.610. The summed E-state index contributed by atoms with van der Waals surface area (Å²) >= 11 is 4.07. The Bertz CT molecular complexity index is 195. The molecule has 0 unspecified atom stereocenters. The molecular formula is C7H18N4O3S. The molecule has 0 aromatic heterocycles. The van der Waals surface area contributed by atoms with Crippen molar-refractivity contribution < 1.29 is 14.5 Å². The van der Waals surface area contributed by atoms with E-state index in [1.54, 1.807) is 12.1 Å². The lowest BCUT2D eigenvalue weighted by Gasteiger charge is -2.30. The minimum Gasteiger partial charge on any atom is -0.257 e. The Hall–Kier alpha value is -0.540. The quantitative estimate of drug-likeness (QED) is 0.292. The molecule has 0 radical (unpaired) electrons. The van der Waals surface area contributed by atoms with Crippen LogP contribution in [0.4, 0.5) is 4.79 Å². The summed E-state index contributed by atoms with van der Waals surface area (Å²) in [5.41, 5.74) is 0. The van der Waals surface area contributed by atoms with E-state index >= 15 is 0 Å². The standard InChI is InChI=1S/C7H18N4O3S/c1-9(5-4-6-15)11(14-3)7(12)10(8)13-2/h15H,4-6,8H2,1-3H3. The van der Waals surface area contributed by atoms with Gasteiger partial charge in [-0.3, -0.25) is 9.68 Å². The Labute approximate surface area is 94.9 Å². The van der Waals surface area contributed by atoms with Crippen molar-refractivity contribution in [1.82, 2.24) is 15.4 Å². The van der Waals surface area contributed by atoms with Gasteiger partial charge in [-0.05, 0) is 12.2 Å². The Balaban J connectivity index is 4.26. The molecule has 8 heteroatoms. The number of thiol groups is 1. The largest absolute Gasteiger partial charge is 0.398 e. The smallest absolute Gasteiger partial charge is 0.257 e. The van der Waals surface area contributed by atoms with E-state index in [4.69, 9.17) is 10.7 Å². The molecule has 0 aromatic rings.